The van der Waals surface area contributed by atoms with Gasteiger partial charge in [-0.05, 0) is 19.3 Å². The minimum Gasteiger partial charge on any atom is -0.355 e. The van der Waals surface area contributed by atoms with E-state index in [0.717, 1.165) is 25.9 Å². The number of halogens is 1. The summed E-state index contributed by atoms with van der Waals surface area (Å²) in [6.07, 6.45) is 3.79. The molecule has 1 aliphatic rings. The maximum Gasteiger partial charge on any atom is 0.234 e. The second-order valence-corrected chi connectivity index (χ2v) is 3.94. The van der Waals surface area contributed by atoms with Crippen molar-refractivity contribution in [2.75, 3.05) is 25.5 Å². The molecule has 0 aromatic carbocycles. The van der Waals surface area contributed by atoms with Crippen LogP contribution in [-0.2, 0) is 9.59 Å². The van der Waals surface area contributed by atoms with Gasteiger partial charge in [-0.3, -0.25) is 9.59 Å². The first-order valence-electron chi connectivity index (χ1n) is 5.34. The quantitative estimate of drug-likeness (QED) is 0.727. The van der Waals surface area contributed by atoms with E-state index in [1.807, 2.05) is 4.90 Å². The normalized spacial score (nSPS) is 16.2. The average molecular weight is 233 g/mol. The van der Waals surface area contributed by atoms with Crippen LogP contribution in [0.25, 0.3) is 0 Å². The lowest BCUT2D eigenvalue weighted by molar-refractivity contribution is -0.132. The van der Waals surface area contributed by atoms with Crippen molar-refractivity contribution >= 4 is 23.4 Å². The van der Waals surface area contributed by atoms with Gasteiger partial charge in [-0.1, -0.05) is 0 Å². The Balaban J connectivity index is 2.14. The molecule has 4 nitrogen and oxygen atoms in total. The van der Waals surface area contributed by atoms with Gasteiger partial charge < -0.3 is 10.2 Å². The standard InChI is InChI=1S/C10H17ClN2O2/c11-8-9(14)12-5-4-10(15)13-6-2-1-3-7-13/h1-8H2,(H,12,14). The van der Waals surface area contributed by atoms with E-state index in [-0.39, 0.29) is 17.7 Å². The molecule has 1 aliphatic heterocycles. The molecular formula is C10H17ClN2O2. The minimum atomic E-state index is -0.219. The summed E-state index contributed by atoms with van der Waals surface area (Å²) in [4.78, 5) is 24.3. The third-order valence-electron chi connectivity index (χ3n) is 2.49. The minimum absolute atomic E-state index is 0.0437. The summed E-state index contributed by atoms with van der Waals surface area (Å²) in [5.74, 6) is -0.134. The van der Waals surface area contributed by atoms with E-state index in [9.17, 15) is 9.59 Å². The smallest absolute Gasteiger partial charge is 0.234 e. The predicted octanol–water partition coefficient (Wildman–Crippen LogP) is 0.744. The topological polar surface area (TPSA) is 49.4 Å². The molecule has 5 heteroatoms. The van der Waals surface area contributed by atoms with E-state index in [1.54, 1.807) is 0 Å². The van der Waals surface area contributed by atoms with Crippen LogP contribution in [0.2, 0.25) is 0 Å². The number of rotatable bonds is 4. The molecule has 1 saturated heterocycles. The van der Waals surface area contributed by atoms with E-state index in [0.29, 0.717) is 13.0 Å². The fourth-order valence-electron chi connectivity index (χ4n) is 1.66. The van der Waals surface area contributed by atoms with Crippen LogP contribution in [0.15, 0.2) is 0 Å². The zero-order valence-corrected chi connectivity index (χ0v) is 9.55. The van der Waals surface area contributed by atoms with E-state index < -0.39 is 0 Å². The Hall–Kier alpha value is -0.770. The molecule has 1 N–H and O–H groups in total. The molecule has 1 rings (SSSR count). The van der Waals surface area contributed by atoms with Crippen molar-refractivity contribution in [2.24, 2.45) is 0 Å². The molecule has 0 radical (unpaired) electrons. The summed E-state index contributed by atoms with van der Waals surface area (Å²) in [7, 11) is 0. The highest BCUT2D eigenvalue weighted by Gasteiger charge is 2.15. The van der Waals surface area contributed by atoms with E-state index in [1.165, 1.54) is 6.42 Å². The maximum absolute atomic E-state index is 11.6. The molecule has 0 unspecified atom stereocenters. The number of piperidine rings is 1. The van der Waals surface area contributed by atoms with Gasteiger partial charge in [0.1, 0.15) is 5.88 Å². The van der Waals surface area contributed by atoms with Gasteiger partial charge in [0.25, 0.3) is 0 Å². The third-order valence-corrected chi connectivity index (χ3v) is 2.73. The molecule has 86 valence electrons. The fraction of sp³-hybridized carbons (Fsp3) is 0.800. The highest BCUT2D eigenvalue weighted by molar-refractivity contribution is 6.27. The highest BCUT2D eigenvalue weighted by atomic mass is 35.5. The zero-order valence-electron chi connectivity index (χ0n) is 8.80. The molecule has 2 amide bonds. The first kappa shape index (κ1) is 12.3. The van der Waals surface area contributed by atoms with Crippen molar-refractivity contribution in [2.45, 2.75) is 25.7 Å². The molecule has 0 bridgehead atoms. The molecule has 1 heterocycles. The van der Waals surface area contributed by atoms with Crippen LogP contribution >= 0.6 is 11.6 Å². The first-order chi connectivity index (χ1) is 7.24. The van der Waals surface area contributed by atoms with Crippen LogP contribution in [0.4, 0.5) is 0 Å². The second kappa shape index (κ2) is 6.67. The Morgan fingerprint density at radius 2 is 1.87 bits per heavy atom. The first-order valence-corrected chi connectivity index (χ1v) is 5.88. The van der Waals surface area contributed by atoms with Crippen LogP contribution in [0.1, 0.15) is 25.7 Å². The molecule has 0 saturated carbocycles. The van der Waals surface area contributed by atoms with E-state index in [4.69, 9.17) is 11.6 Å². The lowest BCUT2D eigenvalue weighted by atomic mass is 10.1. The average Bonchev–Trinajstić information content (AvgIpc) is 2.29. The number of carbonyl (C=O) groups excluding carboxylic acids is 2. The molecular weight excluding hydrogens is 216 g/mol. The third kappa shape index (κ3) is 4.51. The Kier molecular flexibility index (Phi) is 5.47. The van der Waals surface area contributed by atoms with Crippen LogP contribution in [0, 0.1) is 0 Å². The SMILES string of the molecule is O=C(CCl)NCCC(=O)N1CCCCC1. The van der Waals surface area contributed by atoms with Gasteiger partial charge in [0.15, 0.2) is 0 Å². The van der Waals surface area contributed by atoms with Crippen molar-refractivity contribution < 1.29 is 9.59 Å². The monoisotopic (exact) mass is 232 g/mol. The summed E-state index contributed by atoms with van der Waals surface area (Å²) in [6, 6.07) is 0. The Morgan fingerprint density at radius 3 is 2.47 bits per heavy atom. The summed E-state index contributed by atoms with van der Waals surface area (Å²) < 4.78 is 0. The Morgan fingerprint density at radius 1 is 1.20 bits per heavy atom. The Labute approximate surface area is 95.0 Å². The number of hydrogen-bond acceptors (Lipinski definition) is 2. The van der Waals surface area contributed by atoms with Gasteiger partial charge in [-0.2, -0.15) is 0 Å². The molecule has 0 aromatic rings. The van der Waals surface area contributed by atoms with Gasteiger partial charge in [0, 0.05) is 26.1 Å². The lowest BCUT2D eigenvalue weighted by Crippen LogP contribution is -2.38. The molecule has 0 aliphatic carbocycles. The fourth-order valence-corrected chi connectivity index (χ4v) is 1.75. The number of hydrogen-bond donors (Lipinski definition) is 1. The number of likely N-dealkylation sites (tertiary alicyclic amines) is 1. The molecule has 1 fully saturated rings. The summed E-state index contributed by atoms with van der Waals surface area (Å²) in [5.41, 5.74) is 0. The molecule has 15 heavy (non-hydrogen) atoms. The lowest BCUT2D eigenvalue weighted by Gasteiger charge is -2.26. The van der Waals surface area contributed by atoms with Crippen LogP contribution in [0.5, 0.6) is 0 Å². The Bertz CT molecular complexity index is 227. The van der Waals surface area contributed by atoms with Gasteiger partial charge in [-0.15, -0.1) is 11.6 Å². The number of nitrogens with one attached hydrogen (secondary N) is 1. The van der Waals surface area contributed by atoms with Gasteiger partial charge in [0.2, 0.25) is 11.8 Å². The molecule has 0 spiro atoms. The van der Waals surface area contributed by atoms with Crippen LogP contribution in [-0.4, -0.2) is 42.2 Å². The highest BCUT2D eigenvalue weighted by Crippen LogP contribution is 2.09. The van der Waals surface area contributed by atoms with Crippen LogP contribution < -0.4 is 5.32 Å². The largest absolute Gasteiger partial charge is 0.355 e. The van der Waals surface area contributed by atoms with Gasteiger partial charge in [0.05, 0.1) is 0 Å². The summed E-state index contributed by atoms with van der Waals surface area (Å²) in [6.45, 7) is 2.12. The zero-order chi connectivity index (χ0) is 11.1. The van der Waals surface area contributed by atoms with Crippen molar-refractivity contribution in [3.63, 3.8) is 0 Å². The van der Waals surface area contributed by atoms with Crippen LogP contribution in [0.3, 0.4) is 0 Å². The maximum atomic E-state index is 11.6. The van der Waals surface area contributed by atoms with E-state index in [2.05, 4.69) is 5.32 Å². The summed E-state index contributed by atoms with van der Waals surface area (Å²) in [5, 5.41) is 2.58. The molecule has 0 aromatic heterocycles. The second-order valence-electron chi connectivity index (χ2n) is 3.68. The molecule has 0 atom stereocenters. The van der Waals surface area contributed by atoms with Gasteiger partial charge in [-0.25, -0.2) is 0 Å². The predicted molar refractivity (Wildman–Crippen MR) is 58.8 cm³/mol. The van der Waals surface area contributed by atoms with Crippen molar-refractivity contribution in [1.29, 1.82) is 0 Å². The summed E-state index contributed by atoms with van der Waals surface area (Å²) >= 11 is 5.31. The van der Waals surface area contributed by atoms with E-state index >= 15 is 0 Å². The van der Waals surface area contributed by atoms with Crippen molar-refractivity contribution in [1.82, 2.24) is 10.2 Å². The number of nitrogens with zero attached hydrogens (tertiary/aromatic N) is 1. The van der Waals surface area contributed by atoms with Crippen molar-refractivity contribution in [3.8, 4) is 0 Å². The number of amides is 2. The number of carbonyl (C=O) groups is 2. The number of alkyl halides is 1. The van der Waals surface area contributed by atoms with Gasteiger partial charge >= 0.3 is 0 Å². The van der Waals surface area contributed by atoms with Crippen molar-refractivity contribution in [3.05, 3.63) is 0 Å².